The van der Waals surface area contributed by atoms with E-state index in [0.717, 1.165) is 6.92 Å². The number of aliphatic hydroxyl groups excluding tert-OH is 1. The predicted octanol–water partition coefficient (Wildman–Crippen LogP) is -4.05. The molecule has 0 aliphatic rings. The molecule has 13 amide bonds. The molecule has 1 heterocycles. The number of aliphatic carboxylic acids is 2. The Morgan fingerprint density at radius 2 is 0.895 bits per heavy atom. The molecule has 0 radical (unpaired) electrons. The van der Waals surface area contributed by atoms with Crippen LogP contribution in [0.5, 0.6) is 0 Å². The molecule has 0 bridgehead atoms. The molecule has 522 valence electrons. The lowest BCUT2D eigenvalue weighted by atomic mass is 9.99. The lowest BCUT2D eigenvalue weighted by Crippen LogP contribution is -2.62. The van der Waals surface area contributed by atoms with E-state index in [1.165, 1.54) is 32.5 Å². The Bertz CT molecular complexity index is 3220. The summed E-state index contributed by atoms with van der Waals surface area (Å²) in [7, 11) is 0. The summed E-state index contributed by atoms with van der Waals surface area (Å²) in [5.41, 5.74) is 23.4. The Morgan fingerprint density at radius 3 is 1.39 bits per heavy atom. The monoisotopic (exact) mass is 1350 g/mol. The molecule has 0 aliphatic carbocycles. The van der Waals surface area contributed by atoms with Gasteiger partial charge >= 0.3 is 11.9 Å². The lowest BCUT2D eigenvalue weighted by Gasteiger charge is -2.29. The summed E-state index contributed by atoms with van der Waals surface area (Å²) >= 11 is 1.27. The van der Waals surface area contributed by atoms with Crippen LogP contribution in [0.15, 0.2) is 60.8 Å². The number of aliphatic hydroxyl groups is 1. The molecule has 0 spiro atoms. The second-order valence-electron chi connectivity index (χ2n) is 23.5. The van der Waals surface area contributed by atoms with Crippen LogP contribution in [0.3, 0.4) is 0 Å². The first-order chi connectivity index (χ1) is 44.6. The molecule has 33 nitrogen and oxygen atoms in total. The minimum Gasteiger partial charge on any atom is -0.481 e. The first kappa shape index (κ1) is 79.5. The van der Waals surface area contributed by atoms with Crippen molar-refractivity contribution in [3.05, 3.63) is 71.9 Å². The van der Waals surface area contributed by atoms with Gasteiger partial charge in [0.15, 0.2) is 6.04 Å². The maximum Gasteiger partial charge on any atom is 0.328 e. The quantitative estimate of drug-likeness (QED) is 0.0257. The number of carboxylic acids is 2. The summed E-state index contributed by atoms with van der Waals surface area (Å²) < 4.78 is 0. The molecule has 0 fully saturated rings. The van der Waals surface area contributed by atoms with Crippen molar-refractivity contribution >= 4 is 111 Å². The van der Waals surface area contributed by atoms with Crippen molar-refractivity contribution in [2.75, 3.05) is 12.0 Å². The highest BCUT2D eigenvalue weighted by Crippen LogP contribution is 2.20. The van der Waals surface area contributed by atoms with Crippen molar-refractivity contribution < 1.29 is 87.2 Å². The normalized spacial score (nSPS) is 15.0. The van der Waals surface area contributed by atoms with E-state index in [-0.39, 0.29) is 43.8 Å². The summed E-state index contributed by atoms with van der Waals surface area (Å²) in [6, 6.07) is -2.52. The van der Waals surface area contributed by atoms with E-state index < -0.39 is 199 Å². The summed E-state index contributed by atoms with van der Waals surface area (Å²) in [5, 5.41) is 54.4. The molecule has 0 saturated heterocycles. The number of hydrogen-bond donors (Lipinski definition) is 18. The van der Waals surface area contributed by atoms with Crippen molar-refractivity contribution in [2.45, 2.75) is 178 Å². The fraction of sp³-hybridized carbons (Fsp3) is 0.525. The predicted molar refractivity (Wildman–Crippen MR) is 345 cm³/mol. The number of thioether (sulfide) groups is 1. The average Bonchev–Trinajstić information content (AvgIpc) is 1.74. The third kappa shape index (κ3) is 27.4. The number of H-pyrrole nitrogens is 1. The highest BCUT2D eigenvalue weighted by Gasteiger charge is 2.38. The topological polar surface area (TPSA) is 557 Å². The van der Waals surface area contributed by atoms with Crippen molar-refractivity contribution in [3.8, 4) is 0 Å². The zero-order chi connectivity index (χ0) is 71.4. The zero-order valence-electron chi connectivity index (χ0n) is 53.8. The van der Waals surface area contributed by atoms with Crippen molar-refractivity contribution in [1.82, 2.24) is 58.2 Å². The summed E-state index contributed by atoms with van der Waals surface area (Å²) in [5.74, 6) is -17.3. The van der Waals surface area contributed by atoms with Crippen LogP contribution in [0.1, 0.15) is 104 Å². The summed E-state index contributed by atoms with van der Waals surface area (Å²) in [6.45, 7) is 8.88. The molecule has 3 rings (SSSR count). The van der Waals surface area contributed by atoms with E-state index in [9.17, 15) is 87.2 Å². The van der Waals surface area contributed by atoms with Gasteiger partial charge in [0.2, 0.25) is 76.8 Å². The first-order valence-electron chi connectivity index (χ1n) is 30.5. The van der Waals surface area contributed by atoms with E-state index in [1.54, 1.807) is 80.9 Å². The van der Waals surface area contributed by atoms with E-state index in [1.807, 2.05) is 0 Å². The highest BCUT2D eigenvalue weighted by atomic mass is 32.2. The Labute approximate surface area is 551 Å². The Balaban J connectivity index is 2.04. The molecule has 1 aromatic heterocycles. The van der Waals surface area contributed by atoms with Gasteiger partial charge in [-0.15, -0.1) is 0 Å². The van der Waals surface area contributed by atoms with Crippen LogP contribution in [0.25, 0.3) is 10.9 Å². The number of carboxylic acid groups (broad SMARTS) is 2. The van der Waals surface area contributed by atoms with Gasteiger partial charge in [-0.1, -0.05) is 76.2 Å². The van der Waals surface area contributed by atoms with E-state index in [4.69, 9.17) is 22.9 Å². The van der Waals surface area contributed by atoms with E-state index in [0.29, 0.717) is 22.0 Å². The van der Waals surface area contributed by atoms with Crippen molar-refractivity contribution in [3.63, 3.8) is 0 Å². The fourth-order valence-electron chi connectivity index (χ4n) is 9.53. The Hall–Kier alpha value is -9.70. The molecule has 0 unspecified atom stereocenters. The van der Waals surface area contributed by atoms with Gasteiger partial charge in [-0.25, -0.2) is 4.79 Å². The second kappa shape index (κ2) is 39.1. The molecule has 22 N–H and O–H groups in total. The maximum absolute atomic E-state index is 14.9. The van der Waals surface area contributed by atoms with E-state index in [2.05, 4.69) is 58.2 Å². The van der Waals surface area contributed by atoms with Gasteiger partial charge in [-0.3, -0.25) is 67.1 Å². The molecule has 2 aromatic carbocycles. The number of para-hydroxylation sites is 1. The van der Waals surface area contributed by atoms with Gasteiger partial charge in [0.1, 0.15) is 54.4 Å². The number of aromatic nitrogens is 1. The Morgan fingerprint density at radius 1 is 0.474 bits per heavy atom. The molecule has 95 heavy (non-hydrogen) atoms. The number of carbonyl (C=O) groups excluding carboxylic acids is 13. The number of nitrogens with one attached hydrogen (secondary N) is 11. The number of amides is 13. The summed E-state index contributed by atoms with van der Waals surface area (Å²) in [4.78, 5) is 204. The smallest absolute Gasteiger partial charge is 0.328 e. The van der Waals surface area contributed by atoms with Crippen LogP contribution in [-0.2, 0) is 84.8 Å². The third-order valence-corrected chi connectivity index (χ3v) is 15.3. The SMILES string of the molecule is CSCC[C@H](NC(=O)[C@H](CC(C)C)NC(=O)[C@H](Cc1c[nH]c2ccccc12)NC(=O)[C@H](CCC(N)=O)NC(=O)[C@@H](NC(=O)[C@H](Cc1ccccc1)NC(=O)[C@H](CC(=O)O)NC(=O)[C@H](CCC(N)=O)NC(=O)[C@H](C)N)C(C)C)C(=O)N[C@@H](CC(N)=O)C(=O)N[C@H](C(=O)O)[C@H](C)O. The van der Waals surface area contributed by atoms with Crippen molar-refractivity contribution in [1.29, 1.82) is 0 Å². The van der Waals surface area contributed by atoms with Gasteiger partial charge in [-0.2, -0.15) is 11.8 Å². The van der Waals surface area contributed by atoms with Crippen molar-refractivity contribution in [2.24, 2.45) is 34.8 Å². The Kier molecular flexibility index (Phi) is 32.7. The third-order valence-electron chi connectivity index (χ3n) is 14.6. The molecular weight excluding hydrogens is 1260 g/mol. The van der Waals surface area contributed by atoms with Crippen LogP contribution >= 0.6 is 11.8 Å². The highest BCUT2D eigenvalue weighted by molar-refractivity contribution is 7.98. The number of carbonyl (C=O) groups is 15. The molecule has 0 aliphatic heterocycles. The molecule has 12 atom stereocenters. The second-order valence-corrected chi connectivity index (χ2v) is 24.5. The van der Waals surface area contributed by atoms with Crippen LogP contribution in [0.2, 0.25) is 0 Å². The number of fused-ring (bicyclic) bond motifs is 1. The first-order valence-corrected chi connectivity index (χ1v) is 31.9. The number of aromatic amines is 1. The molecule has 3 aromatic rings. The maximum atomic E-state index is 14.9. The van der Waals surface area contributed by atoms with Gasteiger partial charge in [0.25, 0.3) is 0 Å². The molecule has 34 heteroatoms. The largest absolute Gasteiger partial charge is 0.481 e. The number of rotatable bonds is 42. The van der Waals surface area contributed by atoms with Gasteiger partial charge < -0.3 is 96.4 Å². The standard InChI is InChI=1S/C61H89N15O18S/c1-29(2)23-40(55(87)68-39(21-22-95-7)54(86)73-43(26-47(65)80)59(91)76-50(32(6)77)61(93)94)70-56(88)42(25-34-28-66-36-16-12-11-15-35(34)36)72-53(85)38(18-20-46(64)79)69-60(92)49(30(3)4)75-58(90)41(24-33-13-9-8-10-14-33)71-57(89)44(27-48(81)82)74-52(84)37(17-19-45(63)78)67-51(83)31(5)62/h8-16,28-32,37-44,49-50,66,77H,17-27,62H2,1-7H3,(H2,63,78)(H2,64,79)(H2,65,80)(H,67,83)(H,68,87)(H,69,92)(H,70,88)(H,71,89)(H,72,85)(H,73,86)(H,74,84)(H,75,90)(H,76,91)(H,81,82)(H,93,94)/t31-,32-,37-,38-,39-,40-,41-,42-,43-,44-,49-,50-/m0/s1. The van der Waals surface area contributed by atoms with Gasteiger partial charge in [0.05, 0.1) is 25.0 Å². The number of benzene rings is 2. The fourth-order valence-corrected chi connectivity index (χ4v) is 10.0. The van der Waals surface area contributed by atoms with Crippen LogP contribution < -0.4 is 76.1 Å². The number of hydrogen-bond acceptors (Lipinski definition) is 18. The van der Waals surface area contributed by atoms with Crippen LogP contribution in [0, 0.1) is 11.8 Å². The lowest BCUT2D eigenvalue weighted by molar-refractivity contribution is -0.145. The average molecular weight is 1350 g/mol. The van der Waals surface area contributed by atoms with Gasteiger partial charge in [-0.05, 0) is 80.6 Å². The summed E-state index contributed by atoms with van der Waals surface area (Å²) in [6.07, 6.45) is -2.71. The van der Waals surface area contributed by atoms with E-state index >= 15 is 0 Å². The number of nitrogens with two attached hydrogens (primary N) is 4. The van der Waals surface area contributed by atoms with Crippen LogP contribution in [0.4, 0.5) is 0 Å². The zero-order valence-corrected chi connectivity index (χ0v) is 54.6. The van der Waals surface area contributed by atoms with Gasteiger partial charge in [0, 0.05) is 42.8 Å². The molecule has 0 saturated carbocycles. The van der Waals surface area contributed by atoms with Crippen LogP contribution in [-0.4, -0.2) is 194 Å². The minimum atomic E-state index is -1.91. The molecular formula is C61H89N15O18S. The minimum absolute atomic E-state index is 0.0736. The number of primary amides is 3.